The van der Waals surface area contributed by atoms with Crippen LogP contribution in [0.15, 0.2) is 12.7 Å². The fraction of sp³-hybridized carbons (Fsp3) is 0.429. The summed E-state index contributed by atoms with van der Waals surface area (Å²) in [7, 11) is 0. The zero-order valence-corrected chi connectivity index (χ0v) is 6.89. The molecule has 0 aromatic carbocycles. The topological polar surface area (TPSA) is 37.4 Å². The Kier molecular flexibility index (Phi) is 2.70. The Bertz CT molecular complexity index is 203. The minimum atomic E-state index is -0.388. The third kappa shape index (κ3) is 1.83. The summed E-state index contributed by atoms with van der Waals surface area (Å²) < 4.78 is 0. The first-order chi connectivity index (χ1) is 5.25. The Balaban J connectivity index is 2.58. The molecule has 0 atom stereocenters. The Morgan fingerprint density at radius 3 is 3.00 bits per heavy atom. The average Bonchev–Trinajstić information content (AvgIpc) is 1.99. The van der Waals surface area contributed by atoms with Gasteiger partial charge in [-0.25, -0.2) is 0 Å². The maximum absolute atomic E-state index is 11.0. The Hall–Kier alpha value is -0.770. The van der Waals surface area contributed by atoms with Crippen LogP contribution in [0.25, 0.3) is 0 Å². The second-order valence-corrected chi connectivity index (χ2v) is 3.24. The van der Waals surface area contributed by atoms with Gasteiger partial charge in [0.25, 0.3) is 5.12 Å². The van der Waals surface area contributed by atoms with Crippen LogP contribution in [0, 0.1) is 0 Å². The van der Waals surface area contributed by atoms with E-state index in [2.05, 4.69) is 6.58 Å². The molecule has 1 rings (SSSR count). The minimum absolute atomic E-state index is 0.349. The van der Waals surface area contributed by atoms with Crippen molar-refractivity contribution < 1.29 is 9.59 Å². The summed E-state index contributed by atoms with van der Waals surface area (Å²) in [5.41, 5.74) is 0. The van der Waals surface area contributed by atoms with E-state index in [4.69, 9.17) is 0 Å². The normalized spacial score (nSPS) is 18.7. The van der Waals surface area contributed by atoms with Crippen LogP contribution in [-0.2, 0) is 9.59 Å². The third-order valence-electron chi connectivity index (χ3n) is 1.41. The smallest absolute Gasteiger partial charge is 0.301 e. The number of nitrogens with zero attached hydrogens (tertiary/aromatic N) is 1. The lowest BCUT2D eigenvalue weighted by Crippen LogP contribution is -2.41. The molecule has 11 heavy (non-hydrogen) atoms. The first kappa shape index (κ1) is 8.33. The van der Waals surface area contributed by atoms with Gasteiger partial charge in [0.1, 0.15) is 0 Å². The number of rotatable bonds is 2. The zero-order valence-electron chi connectivity index (χ0n) is 6.08. The highest BCUT2D eigenvalue weighted by Gasteiger charge is 2.25. The van der Waals surface area contributed by atoms with E-state index in [1.807, 2.05) is 0 Å². The number of amides is 1. The van der Waals surface area contributed by atoms with Crippen LogP contribution >= 0.6 is 11.8 Å². The molecule has 0 saturated carbocycles. The van der Waals surface area contributed by atoms with Crippen LogP contribution in [0.5, 0.6) is 0 Å². The summed E-state index contributed by atoms with van der Waals surface area (Å²) in [5.74, 6) is 0.319. The second kappa shape index (κ2) is 3.57. The molecule has 0 N–H and O–H groups in total. The molecular formula is C7H9NO2S. The van der Waals surface area contributed by atoms with Crippen LogP contribution in [0.3, 0.4) is 0 Å². The summed E-state index contributed by atoms with van der Waals surface area (Å²) in [6.07, 6.45) is 1.63. The quantitative estimate of drug-likeness (QED) is 0.442. The molecule has 1 aliphatic rings. The number of hydrogen-bond donors (Lipinski definition) is 0. The van der Waals surface area contributed by atoms with Gasteiger partial charge in [0, 0.05) is 18.8 Å². The van der Waals surface area contributed by atoms with Crippen molar-refractivity contribution in [3.8, 4) is 0 Å². The molecule has 0 aliphatic carbocycles. The fourth-order valence-electron chi connectivity index (χ4n) is 0.871. The van der Waals surface area contributed by atoms with Gasteiger partial charge in [-0.05, 0) is 0 Å². The number of hydrogen-bond acceptors (Lipinski definition) is 3. The van der Waals surface area contributed by atoms with Crippen molar-refractivity contribution in [2.75, 3.05) is 18.8 Å². The maximum Gasteiger partial charge on any atom is 0.301 e. The van der Waals surface area contributed by atoms with Crippen molar-refractivity contribution in [2.45, 2.75) is 0 Å². The van der Waals surface area contributed by atoms with Crippen molar-refractivity contribution in [1.82, 2.24) is 4.90 Å². The first-order valence-corrected chi connectivity index (χ1v) is 4.31. The summed E-state index contributed by atoms with van der Waals surface area (Å²) in [5, 5.41) is -0.349. The lowest BCUT2D eigenvalue weighted by molar-refractivity contribution is -0.140. The van der Waals surface area contributed by atoms with Crippen LogP contribution in [0.4, 0.5) is 0 Å². The maximum atomic E-state index is 11.0. The van der Waals surface area contributed by atoms with Gasteiger partial charge in [-0.1, -0.05) is 17.8 Å². The van der Waals surface area contributed by atoms with Crippen molar-refractivity contribution in [2.24, 2.45) is 0 Å². The van der Waals surface area contributed by atoms with E-state index in [9.17, 15) is 9.59 Å². The van der Waals surface area contributed by atoms with E-state index < -0.39 is 0 Å². The molecule has 0 aromatic heterocycles. The van der Waals surface area contributed by atoms with E-state index in [1.54, 1.807) is 6.08 Å². The summed E-state index contributed by atoms with van der Waals surface area (Å²) >= 11 is 1.09. The predicted octanol–water partition coefficient (Wildman–Crippen LogP) is 0.274. The lowest BCUT2D eigenvalue weighted by Gasteiger charge is -2.23. The van der Waals surface area contributed by atoms with E-state index in [-0.39, 0.29) is 11.0 Å². The SMILES string of the molecule is C=CCN1CCSC(=O)C1=O. The number of carbonyl (C=O) groups excluding carboxylic acids is 2. The van der Waals surface area contributed by atoms with E-state index in [0.29, 0.717) is 18.8 Å². The second-order valence-electron chi connectivity index (χ2n) is 2.18. The van der Waals surface area contributed by atoms with Crippen LogP contribution in [0.1, 0.15) is 0 Å². The molecule has 60 valence electrons. The van der Waals surface area contributed by atoms with Gasteiger partial charge in [0.05, 0.1) is 0 Å². The van der Waals surface area contributed by atoms with Gasteiger partial charge in [-0.2, -0.15) is 0 Å². The molecule has 1 amide bonds. The Labute approximate surface area is 69.4 Å². The summed E-state index contributed by atoms with van der Waals surface area (Å²) in [6.45, 7) is 4.63. The molecule has 1 fully saturated rings. The van der Waals surface area contributed by atoms with E-state index >= 15 is 0 Å². The van der Waals surface area contributed by atoms with Crippen LogP contribution in [0.2, 0.25) is 0 Å². The molecule has 1 aliphatic heterocycles. The van der Waals surface area contributed by atoms with Gasteiger partial charge >= 0.3 is 5.91 Å². The van der Waals surface area contributed by atoms with Crippen LogP contribution in [-0.4, -0.2) is 34.8 Å². The highest BCUT2D eigenvalue weighted by atomic mass is 32.2. The standard InChI is InChI=1S/C7H9NO2S/c1-2-3-8-4-5-11-7(10)6(8)9/h2H,1,3-5H2. The van der Waals surface area contributed by atoms with Gasteiger partial charge in [-0.3, -0.25) is 9.59 Å². The molecule has 0 bridgehead atoms. The van der Waals surface area contributed by atoms with E-state index in [0.717, 1.165) is 11.8 Å². The van der Waals surface area contributed by atoms with Gasteiger partial charge in [-0.15, -0.1) is 6.58 Å². The Morgan fingerprint density at radius 2 is 2.36 bits per heavy atom. The molecule has 4 heteroatoms. The largest absolute Gasteiger partial charge is 0.331 e. The highest BCUT2D eigenvalue weighted by molar-refractivity contribution is 8.15. The van der Waals surface area contributed by atoms with E-state index in [1.165, 1.54) is 4.90 Å². The minimum Gasteiger partial charge on any atom is -0.331 e. The average molecular weight is 171 g/mol. The third-order valence-corrected chi connectivity index (χ3v) is 2.23. The van der Waals surface area contributed by atoms with Crippen molar-refractivity contribution >= 4 is 22.8 Å². The molecule has 0 radical (unpaired) electrons. The van der Waals surface area contributed by atoms with Crippen molar-refractivity contribution in [3.63, 3.8) is 0 Å². The summed E-state index contributed by atoms with van der Waals surface area (Å²) in [6, 6.07) is 0. The lowest BCUT2D eigenvalue weighted by atomic mass is 10.4. The molecule has 0 aromatic rings. The van der Waals surface area contributed by atoms with Gasteiger partial charge < -0.3 is 4.90 Å². The summed E-state index contributed by atoms with van der Waals surface area (Å²) in [4.78, 5) is 23.3. The van der Waals surface area contributed by atoms with Crippen molar-refractivity contribution in [1.29, 1.82) is 0 Å². The molecule has 1 saturated heterocycles. The number of carbonyl (C=O) groups is 2. The fourth-order valence-corrected chi connectivity index (χ4v) is 1.62. The monoisotopic (exact) mass is 171 g/mol. The van der Waals surface area contributed by atoms with Gasteiger partial charge in [0.15, 0.2) is 0 Å². The van der Waals surface area contributed by atoms with Crippen molar-refractivity contribution in [3.05, 3.63) is 12.7 Å². The molecule has 3 nitrogen and oxygen atoms in total. The molecular weight excluding hydrogens is 162 g/mol. The Morgan fingerprint density at radius 1 is 1.64 bits per heavy atom. The molecule has 0 unspecified atom stereocenters. The van der Waals surface area contributed by atoms with Crippen LogP contribution < -0.4 is 0 Å². The zero-order chi connectivity index (χ0) is 8.27. The van der Waals surface area contributed by atoms with Gasteiger partial charge in [0.2, 0.25) is 0 Å². The highest BCUT2D eigenvalue weighted by Crippen LogP contribution is 2.11. The number of thioether (sulfide) groups is 1. The predicted molar refractivity (Wildman–Crippen MR) is 44.2 cm³/mol. The molecule has 1 heterocycles. The first-order valence-electron chi connectivity index (χ1n) is 3.32. The molecule has 0 spiro atoms.